The summed E-state index contributed by atoms with van der Waals surface area (Å²) in [6.45, 7) is 3.12. The van der Waals surface area contributed by atoms with Crippen LogP contribution in [0.3, 0.4) is 0 Å². The average molecular weight is 263 g/mol. The predicted molar refractivity (Wildman–Crippen MR) is 77.7 cm³/mol. The molecule has 1 aromatic carbocycles. The highest BCUT2D eigenvalue weighted by Crippen LogP contribution is 2.29. The van der Waals surface area contributed by atoms with Gasteiger partial charge in [-0.25, -0.2) is 0 Å². The Balaban J connectivity index is 1.83. The van der Waals surface area contributed by atoms with Gasteiger partial charge in [0.15, 0.2) is 0 Å². The highest BCUT2D eigenvalue weighted by molar-refractivity contribution is 5.41. The first-order valence-electron chi connectivity index (χ1n) is 7.31. The molecule has 1 aromatic rings. The lowest BCUT2D eigenvalue weighted by Crippen LogP contribution is -2.21. The van der Waals surface area contributed by atoms with E-state index in [1.54, 1.807) is 13.2 Å². The van der Waals surface area contributed by atoms with Crippen LogP contribution in [0.25, 0.3) is 0 Å². The maximum Gasteiger partial charge on any atom is 0.124 e. The van der Waals surface area contributed by atoms with Crippen molar-refractivity contribution in [3.8, 4) is 11.5 Å². The summed E-state index contributed by atoms with van der Waals surface area (Å²) in [5.74, 6) is 1.91. The van der Waals surface area contributed by atoms with E-state index in [1.807, 2.05) is 12.1 Å². The molecule has 1 aliphatic rings. The van der Waals surface area contributed by atoms with Crippen molar-refractivity contribution >= 4 is 0 Å². The molecule has 0 heterocycles. The summed E-state index contributed by atoms with van der Waals surface area (Å²) in [5, 5.41) is 13.5. The Bertz CT molecular complexity index is 400. The Labute approximate surface area is 116 Å². The van der Waals surface area contributed by atoms with E-state index in [0.717, 1.165) is 18.0 Å². The quantitative estimate of drug-likeness (QED) is 0.823. The Morgan fingerprint density at radius 1 is 1.37 bits per heavy atom. The standard InChI is InChI=1S/C16H25NO2/c1-12(17-10-9-13-5-3-4-6-13)15-8-7-14(19-2)11-16(15)18/h7-8,11-13,17-18H,3-6,9-10H2,1-2H3. The van der Waals surface area contributed by atoms with E-state index in [2.05, 4.69) is 12.2 Å². The van der Waals surface area contributed by atoms with Gasteiger partial charge in [-0.05, 0) is 31.9 Å². The third-order valence-corrected chi connectivity index (χ3v) is 4.18. The molecule has 1 fully saturated rings. The number of nitrogens with one attached hydrogen (secondary N) is 1. The van der Waals surface area contributed by atoms with Crippen LogP contribution in [-0.4, -0.2) is 18.8 Å². The van der Waals surface area contributed by atoms with Crippen molar-refractivity contribution in [3.63, 3.8) is 0 Å². The van der Waals surface area contributed by atoms with Gasteiger partial charge in [-0.2, -0.15) is 0 Å². The zero-order valence-corrected chi connectivity index (χ0v) is 12.0. The van der Waals surface area contributed by atoms with Crippen molar-refractivity contribution in [1.82, 2.24) is 5.32 Å². The molecule has 2 N–H and O–H groups in total. The first kappa shape index (κ1) is 14.2. The number of phenols is 1. The average Bonchev–Trinajstić information content (AvgIpc) is 2.91. The molecule has 1 saturated carbocycles. The van der Waals surface area contributed by atoms with Gasteiger partial charge < -0.3 is 15.2 Å². The second kappa shape index (κ2) is 6.80. The molecule has 1 atom stereocenters. The third-order valence-electron chi connectivity index (χ3n) is 4.18. The number of phenolic OH excluding ortho intramolecular Hbond substituents is 1. The van der Waals surface area contributed by atoms with E-state index in [4.69, 9.17) is 4.74 Å². The second-order valence-electron chi connectivity index (χ2n) is 5.54. The zero-order chi connectivity index (χ0) is 13.7. The molecule has 19 heavy (non-hydrogen) atoms. The summed E-state index contributed by atoms with van der Waals surface area (Å²) in [6, 6.07) is 5.67. The van der Waals surface area contributed by atoms with Gasteiger partial charge in [-0.1, -0.05) is 31.7 Å². The third kappa shape index (κ3) is 3.87. The molecule has 0 spiro atoms. The molecular formula is C16H25NO2. The van der Waals surface area contributed by atoms with E-state index < -0.39 is 0 Å². The van der Waals surface area contributed by atoms with E-state index in [9.17, 15) is 5.11 Å². The van der Waals surface area contributed by atoms with E-state index in [-0.39, 0.29) is 6.04 Å². The molecule has 3 heteroatoms. The molecule has 106 valence electrons. The molecule has 0 radical (unpaired) electrons. The number of hydrogen-bond donors (Lipinski definition) is 2. The summed E-state index contributed by atoms with van der Waals surface area (Å²) in [7, 11) is 1.61. The van der Waals surface area contributed by atoms with Crippen LogP contribution in [0, 0.1) is 5.92 Å². The molecule has 0 saturated heterocycles. The van der Waals surface area contributed by atoms with Crippen LogP contribution in [-0.2, 0) is 0 Å². The van der Waals surface area contributed by atoms with E-state index in [0.29, 0.717) is 11.5 Å². The largest absolute Gasteiger partial charge is 0.507 e. The van der Waals surface area contributed by atoms with Crippen LogP contribution < -0.4 is 10.1 Å². The van der Waals surface area contributed by atoms with Crippen molar-refractivity contribution in [2.45, 2.75) is 45.1 Å². The fraction of sp³-hybridized carbons (Fsp3) is 0.625. The predicted octanol–water partition coefficient (Wildman–Crippen LogP) is 3.63. The zero-order valence-electron chi connectivity index (χ0n) is 12.0. The van der Waals surface area contributed by atoms with Crippen LogP contribution in [0.2, 0.25) is 0 Å². The number of methoxy groups -OCH3 is 1. The fourth-order valence-electron chi connectivity index (χ4n) is 2.93. The first-order valence-corrected chi connectivity index (χ1v) is 7.31. The monoisotopic (exact) mass is 263 g/mol. The fourth-order valence-corrected chi connectivity index (χ4v) is 2.93. The van der Waals surface area contributed by atoms with Crippen LogP contribution in [0.4, 0.5) is 0 Å². The Morgan fingerprint density at radius 2 is 2.11 bits per heavy atom. The van der Waals surface area contributed by atoms with Crippen LogP contribution >= 0.6 is 0 Å². The number of rotatable bonds is 6. The minimum absolute atomic E-state index is 0.173. The minimum Gasteiger partial charge on any atom is -0.507 e. The maximum absolute atomic E-state index is 9.98. The number of aromatic hydroxyl groups is 1. The Kier molecular flexibility index (Phi) is 5.08. The lowest BCUT2D eigenvalue weighted by Gasteiger charge is -2.17. The second-order valence-corrected chi connectivity index (χ2v) is 5.54. The van der Waals surface area contributed by atoms with Gasteiger partial charge in [0.2, 0.25) is 0 Å². The normalized spacial score (nSPS) is 17.6. The molecule has 0 bridgehead atoms. The van der Waals surface area contributed by atoms with Gasteiger partial charge in [-0.15, -0.1) is 0 Å². The molecule has 1 unspecified atom stereocenters. The minimum atomic E-state index is 0.173. The molecule has 0 amide bonds. The van der Waals surface area contributed by atoms with Gasteiger partial charge in [0, 0.05) is 17.7 Å². The summed E-state index contributed by atoms with van der Waals surface area (Å²) >= 11 is 0. The molecule has 1 aliphatic carbocycles. The molecule has 2 rings (SSSR count). The van der Waals surface area contributed by atoms with Gasteiger partial charge in [0.25, 0.3) is 0 Å². The van der Waals surface area contributed by atoms with Crippen LogP contribution in [0.15, 0.2) is 18.2 Å². The van der Waals surface area contributed by atoms with Gasteiger partial charge in [0.05, 0.1) is 7.11 Å². The van der Waals surface area contributed by atoms with E-state index >= 15 is 0 Å². The SMILES string of the molecule is COc1ccc(C(C)NCCC2CCCC2)c(O)c1. The van der Waals surface area contributed by atoms with Crippen molar-refractivity contribution in [1.29, 1.82) is 0 Å². The maximum atomic E-state index is 9.98. The van der Waals surface area contributed by atoms with Crippen LogP contribution in [0.5, 0.6) is 11.5 Å². The highest BCUT2D eigenvalue weighted by Gasteiger charge is 2.15. The van der Waals surface area contributed by atoms with Crippen molar-refractivity contribution in [3.05, 3.63) is 23.8 Å². The van der Waals surface area contributed by atoms with Gasteiger partial charge in [0.1, 0.15) is 11.5 Å². The number of benzene rings is 1. The molecule has 3 nitrogen and oxygen atoms in total. The van der Waals surface area contributed by atoms with Gasteiger partial charge >= 0.3 is 0 Å². The summed E-state index contributed by atoms with van der Waals surface area (Å²) in [5.41, 5.74) is 0.937. The molecular weight excluding hydrogens is 238 g/mol. The smallest absolute Gasteiger partial charge is 0.124 e. The summed E-state index contributed by atoms with van der Waals surface area (Å²) < 4.78 is 5.10. The van der Waals surface area contributed by atoms with Crippen molar-refractivity contribution in [2.75, 3.05) is 13.7 Å². The lowest BCUT2D eigenvalue weighted by atomic mass is 10.0. The lowest BCUT2D eigenvalue weighted by molar-refractivity contribution is 0.402. The Morgan fingerprint density at radius 3 is 2.74 bits per heavy atom. The summed E-state index contributed by atoms with van der Waals surface area (Å²) in [4.78, 5) is 0. The summed E-state index contributed by atoms with van der Waals surface area (Å²) in [6.07, 6.45) is 6.84. The number of ether oxygens (including phenoxy) is 1. The molecule has 0 aliphatic heterocycles. The van der Waals surface area contributed by atoms with Gasteiger partial charge in [-0.3, -0.25) is 0 Å². The van der Waals surface area contributed by atoms with Crippen molar-refractivity contribution in [2.24, 2.45) is 5.92 Å². The van der Waals surface area contributed by atoms with Crippen LogP contribution in [0.1, 0.15) is 50.6 Å². The molecule has 0 aromatic heterocycles. The topological polar surface area (TPSA) is 41.5 Å². The van der Waals surface area contributed by atoms with E-state index in [1.165, 1.54) is 32.1 Å². The number of hydrogen-bond acceptors (Lipinski definition) is 3. The first-order chi connectivity index (χ1) is 9.20. The highest BCUT2D eigenvalue weighted by atomic mass is 16.5. The van der Waals surface area contributed by atoms with Crippen molar-refractivity contribution < 1.29 is 9.84 Å². The Hall–Kier alpha value is -1.22.